The molecule has 0 aromatic carbocycles. The summed E-state index contributed by atoms with van der Waals surface area (Å²) in [5.74, 6) is 0.624. The average molecular weight is 258 g/mol. The first-order valence-corrected chi connectivity index (χ1v) is 6.47. The van der Waals surface area contributed by atoms with Crippen LogP contribution in [0.25, 0.3) is 5.69 Å². The minimum atomic E-state index is 0.135. The Hall–Kier alpha value is -1.88. The van der Waals surface area contributed by atoms with Gasteiger partial charge < -0.3 is 14.6 Å². The zero-order valence-electron chi connectivity index (χ0n) is 11.3. The molecular formula is C14H18N4O. The van der Waals surface area contributed by atoms with E-state index in [-0.39, 0.29) is 5.41 Å². The van der Waals surface area contributed by atoms with Gasteiger partial charge in [-0.25, -0.2) is 9.97 Å². The second-order valence-corrected chi connectivity index (χ2v) is 5.20. The molecule has 1 N–H and O–H groups in total. The molecule has 0 amide bonds. The van der Waals surface area contributed by atoms with Gasteiger partial charge in [0.2, 0.25) is 5.88 Å². The van der Waals surface area contributed by atoms with E-state index in [9.17, 15) is 0 Å². The fourth-order valence-electron chi connectivity index (χ4n) is 2.62. The first kappa shape index (κ1) is 12.2. The molecule has 3 rings (SSSR count). The quantitative estimate of drug-likeness (QED) is 0.907. The molecule has 100 valence electrons. The van der Waals surface area contributed by atoms with Crippen LogP contribution in [-0.4, -0.2) is 34.7 Å². The van der Waals surface area contributed by atoms with Crippen LogP contribution >= 0.6 is 0 Å². The second-order valence-electron chi connectivity index (χ2n) is 5.20. The van der Waals surface area contributed by atoms with Crippen LogP contribution in [0.3, 0.4) is 0 Å². The Bertz CT molecular complexity index is 555. The van der Waals surface area contributed by atoms with Crippen molar-refractivity contribution in [2.45, 2.75) is 18.8 Å². The van der Waals surface area contributed by atoms with Gasteiger partial charge >= 0.3 is 0 Å². The summed E-state index contributed by atoms with van der Waals surface area (Å²) in [5, 5.41) is 3.42. The highest BCUT2D eigenvalue weighted by Gasteiger charge is 2.33. The molecule has 1 fully saturated rings. The lowest BCUT2D eigenvalue weighted by Gasteiger charge is -2.24. The third kappa shape index (κ3) is 2.10. The normalized spacial score (nSPS) is 22.6. The monoisotopic (exact) mass is 258 g/mol. The van der Waals surface area contributed by atoms with Gasteiger partial charge in [-0.2, -0.15) is 0 Å². The Morgan fingerprint density at radius 2 is 2.26 bits per heavy atom. The predicted octanol–water partition coefficient (Wildman–Crippen LogP) is 1.53. The zero-order chi connectivity index (χ0) is 13.3. The van der Waals surface area contributed by atoms with E-state index in [2.05, 4.69) is 26.8 Å². The van der Waals surface area contributed by atoms with Crippen molar-refractivity contribution in [2.24, 2.45) is 0 Å². The highest BCUT2D eigenvalue weighted by Crippen LogP contribution is 2.31. The van der Waals surface area contributed by atoms with Crippen molar-refractivity contribution >= 4 is 0 Å². The molecule has 1 aliphatic rings. The number of rotatable bonds is 3. The molecule has 2 aromatic heterocycles. The molecule has 0 saturated carbocycles. The van der Waals surface area contributed by atoms with Crippen molar-refractivity contribution in [1.29, 1.82) is 0 Å². The Balaban J connectivity index is 1.99. The minimum Gasteiger partial charge on any atom is -0.481 e. The molecule has 19 heavy (non-hydrogen) atoms. The van der Waals surface area contributed by atoms with E-state index in [0.29, 0.717) is 5.88 Å². The van der Waals surface area contributed by atoms with Crippen LogP contribution in [0.1, 0.15) is 19.0 Å². The third-order valence-electron chi connectivity index (χ3n) is 3.83. The Morgan fingerprint density at radius 1 is 1.37 bits per heavy atom. The van der Waals surface area contributed by atoms with Gasteiger partial charge in [0.05, 0.1) is 25.3 Å². The summed E-state index contributed by atoms with van der Waals surface area (Å²) in [7, 11) is 1.62. The lowest BCUT2D eigenvalue weighted by molar-refractivity contribution is 0.397. The lowest BCUT2D eigenvalue weighted by Crippen LogP contribution is -2.27. The number of hydrogen-bond acceptors (Lipinski definition) is 4. The summed E-state index contributed by atoms with van der Waals surface area (Å²) in [4.78, 5) is 8.56. The van der Waals surface area contributed by atoms with E-state index in [1.165, 1.54) is 5.69 Å². The number of hydrogen-bond donors (Lipinski definition) is 1. The Morgan fingerprint density at radius 3 is 2.89 bits per heavy atom. The van der Waals surface area contributed by atoms with E-state index in [0.717, 1.165) is 25.2 Å². The van der Waals surface area contributed by atoms with Crippen LogP contribution < -0.4 is 10.1 Å². The highest BCUT2D eigenvalue weighted by molar-refractivity contribution is 5.35. The topological polar surface area (TPSA) is 52.0 Å². The summed E-state index contributed by atoms with van der Waals surface area (Å²) < 4.78 is 7.20. The van der Waals surface area contributed by atoms with Crippen LogP contribution in [0.5, 0.6) is 5.88 Å². The van der Waals surface area contributed by atoms with E-state index in [4.69, 9.17) is 4.74 Å². The molecule has 5 heteroatoms. The Kier molecular flexibility index (Phi) is 2.98. The van der Waals surface area contributed by atoms with Gasteiger partial charge in [0.15, 0.2) is 0 Å². The molecule has 5 nitrogen and oxygen atoms in total. The molecule has 0 spiro atoms. The van der Waals surface area contributed by atoms with Gasteiger partial charge in [-0.15, -0.1) is 0 Å². The molecule has 0 aliphatic carbocycles. The largest absolute Gasteiger partial charge is 0.481 e. The van der Waals surface area contributed by atoms with Crippen LogP contribution in [-0.2, 0) is 5.41 Å². The average Bonchev–Trinajstić information content (AvgIpc) is 3.08. The summed E-state index contributed by atoms with van der Waals surface area (Å²) in [6.45, 7) is 4.32. The molecule has 1 aliphatic heterocycles. The van der Waals surface area contributed by atoms with E-state index in [1.807, 2.05) is 30.9 Å². The molecule has 0 bridgehead atoms. The van der Waals surface area contributed by atoms with Gasteiger partial charge in [0, 0.05) is 29.9 Å². The summed E-state index contributed by atoms with van der Waals surface area (Å²) in [5.41, 5.74) is 2.38. The standard InChI is InChI=1S/C14H18N4O/c1-14(5-6-15-9-14)12-8-16-10-18(12)11-3-4-13(19-2)17-7-11/h3-4,7-8,10,15H,5-6,9H2,1-2H3. The smallest absolute Gasteiger partial charge is 0.213 e. The SMILES string of the molecule is COc1ccc(-n2cncc2C2(C)CCNC2)cn1. The maximum atomic E-state index is 5.09. The molecular weight excluding hydrogens is 240 g/mol. The fourth-order valence-corrected chi connectivity index (χ4v) is 2.62. The van der Waals surface area contributed by atoms with Crippen LogP contribution in [0.2, 0.25) is 0 Å². The first-order chi connectivity index (χ1) is 9.23. The number of nitrogens with zero attached hydrogens (tertiary/aromatic N) is 3. The summed E-state index contributed by atoms with van der Waals surface area (Å²) in [6, 6.07) is 3.87. The molecule has 2 aromatic rings. The van der Waals surface area contributed by atoms with Crippen molar-refractivity contribution < 1.29 is 4.74 Å². The maximum absolute atomic E-state index is 5.09. The fraction of sp³-hybridized carbons (Fsp3) is 0.429. The number of imidazole rings is 1. The second kappa shape index (κ2) is 4.66. The molecule has 3 heterocycles. The van der Waals surface area contributed by atoms with Gasteiger partial charge in [-0.1, -0.05) is 6.92 Å². The molecule has 1 unspecified atom stereocenters. The number of aromatic nitrogens is 3. The van der Waals surface area contributed by atoms with Crippen molar-refractivity contribution in [2.75, 3.05) is 20.2 Å². The maximum Gasteiger partial charge on any atom is 0.213 e. The van der Waals surface area contributed by atoms with Crippen LogP contribution in [0.15, 0.2) is 30.9 Å². The predicted molar refractivity (Wildman–Crippen MR) is 72.7 cm³/mol. The molecule has 1 atom stereocenters. The van der Waals surface area contributed by atoms with Gasteiger partial charge in [0.25, 0.3) is 0 Å². The van der Waals surface area contributed by atoms with Gasteiger partial charge in [-0.05, 0) is 19.0 Å². The van der Waals surface area contributed by atoms with E-state index in [1.54, 1.807) is 7.11 Å². The highest BCUT2D eigenvalue weighted by atomic mass is 16.5. The summed E-state index contributed by atoms with van der Waals surface area (Å²) >= 11 is 0. The first-order valence-electron chi connectivity index (χ1n) is 6.47. The van der Waals surface area contributed by atoms with Crippen LogP contribution in [0.4, 0.5) is 0 Å². The van der Waals surface area contributed by atoms with Crippen molar-refractivity contribution in [3.05, 3.63) is 36.5 Å². The van der Waals surface area contributed by atoms with E-state index >= 15 is 0 Å². The molecule has 0 radical (unpaired) electrons. The zero-order valence-corrected chi connectivity index (χ0v) is 11.3. The van der Waals surface area contributed by atoms with Gasteiger partial charge in [-0.3, -0.25) is 0 Å². The number of methoxy groups -OCH3 is 1. The van der Waals surface area contributed by atoms with E-state index < -0.39 is 0 Å². The van der Waals surface area contributed by atoms with Gasteiger partial charge in [0.1, 0.15) is 0 Å². The Labute approximate surface area is 112 Å². The number of ether oxygens (including phenoxy) is 1. The third-order valence-corrected chi connectivity index (χ3v) is 3.83. The van der Waals surface area contributed by atoms with Crippen molar-refractivity contribution in [1.82, 2.24) is 19.9 Å². The number of nitrogens with one attached hydrogen (secondary N) is 1. The number of pyridine rings is 1. The van der Waals surface area contributed by atoms with Crippen molar-refractivity contribution in [3.8, 4) is 11.6 Å². The van der Waals surface area contributed by atoms with Crippen molar-refractivity contribution in [3.63, 3.8) is 0 Å². The minimum absolute atomic E-state index is 0.135. The lowest BCUT2D eigenvalue weighted by atomic mass is 9.86. The van der Waals surface area contributed by atoms with Crippen LogP contribution in [0, 0.1) is 0 Å². The summed E-state index contributed by atoms with van der Waals surface area (Å²) in [6.07, 6.45) is 6.75. The molecule has 1 saturated heterocycles.